The van der Waals surface area contributed by atoms with E-state index in [2.05, 4.69) is 9.59 Å². The Labute approximate surface area is 82.5 Å². The molecule has 3 nitrogen and oxygen atoms in total. The second-order valence-electron chi connectivity index (χ2n) is 3.85. The van der Waals surface area contributed by atoms with Gasteiger partial charge in [0.05, 0.1) is 10.6 Å². The minimum Gasteiger partial charge on any atom is -0.323 e. The van der Waals surface area contributed by atoms with Gasteiger partial charge < -0.3 is 5.73 Å². The molecule has 0 aliphatic heterocycles. The predicted molar refractivity (Wildman–Crippen MR) is 53.5 cm³/mol. The molecular weight excluding hydrogens is 182 g/mol. The standard InChI is InChI=1S/C9H15N3S/c1-6-9(13-12-11-6)8(10)5-4-7-2-3-7/h7-8H,2-5,10H2,1H3. The molecule has 1 atom stereocenters. The van der Waals surface area contributed by atoms with Gasteiger partial charge in [-0.3, -0.25) is 0 Å². The fourth-order valence-electron chi connectivity index (χ4n) is 1.53. The number of rotatable bonds is 4. The average Bonchev–Trinajstić information content (AvgIpc) is 2.84. The van der Waals surface area contributed by atoms with E-state index in [1.165, 1.54) is 35.7 Å². The van der Waals surface area contributed by atoms with Crippen LogP contribution in [0, 0.1) is 12.8 Å². The number of aryl methyl sites for hydroxylation is 1. The van der Waals surface area contributed by atoms with Crippen LogP contribution in [0.1, 0.15) is 42.3 Å². The Bertz CT molecular complexity index is 280. The molecular formula is C9H15N3S. The first-order valence-corrected chi connectivity index (χ1v) is 5.59. The maximum absolute atomic E-state index is 6.05. The average molecular weight is 197 g/mol. The van der Waals surface area contributed by atoms with Crippen LogP contribution in [0.25, 0.3) is 0 Å². The summed E-state index contributed by atoms with van der Waals surface area (Å²) in [5.41, 5.74) is 7.05. The lowest BCUT2D eigenvalue weighted by Gasteiger charge is -2.08. The van der Waals surface area contributed by atoms with Crippen LogP contribution in [-0.2, 0) is 0 Å². The Morgan fingerprint density at radius 1 is 1.62 bits per heavy atom. The third kappa shape index (κ3) is 2.25. The van der Waals surface area contributed by atoms with Crippen molar-refractivity contribution in [1.29, 1.82) is 0 Å². The van der Waals surface area contributed by atoms with Crippen LogP contribution < -0.4 is 5.73 Å². The van der Waals surface area contributed by atoms with Crippen molar-refractivity contribution in [3.8, 4) is 0 Å². The van der Waals surface area contributed by atoms with E-state index in [-0.39, 0.29) is 6.04 Å². The number of hydrogen-bond acceptors (Lipinski definition) is 4. The van der Waals surface area contributed by atoms with Gasteiger partial charge in [0.25, 0.3) is 0 Å². The fraction of sp³-hybridized carbons (Fsp3) is 0.778. The second kappa shape index (κ2) is 3.72. The fourth-order valence-corrected chi connectivity index (χ4v) is 2.21. The zero-order valence-corrected chi connectivity index (χ0v) is 8.68. The van der Waals surface area contributed by atoms with Crippen LogP contribution in [-0.4, -0.2) is 9.59 Å². The summed E-state index contributed by atoms with van der Waals surface area (Å²) in [7, 11) is 0. The minimum absolute atomic E-state index is 0.167. The molecule has 1 saturated carbocycles. The SMILES string of the molecule is Cc1nnsc1C(N)CCC1CC1. The molecule has 1 aromatic rings. The molecule has 2 N–H and O–H groups in total. The van der Waals surface area contributed by atoms with Crippen molar-refractivity contribution in [2.24, 2.45) is 11.7 Å². The molecule has 1 unspecified atom stereocenters. The van der Waals surface area contributed by atoms with Crippen LogP contribution in [0.4, 0.5) is 0 Å². The first kappa shape index (κ1) is 9.09. The molecule has 4 heteroatoms. The van der Waals surface area contributed by atoms with Crippen molar-refractivity contribution >= 4 is 11.5 Å². The van der Waals surface area contributed by atoms with Gasteiger partial charge in [-0.1, -0.05) is 17.3 Å². The molecule has 1 aliphatic carbocycles. The van der Waals surface area contributed by atoms with Crippen LogP contribution in [0.5, 0.6) is 0 Å². The number of nitrogens with zero attached hydrogens (tertiary/aromatic N) is 2. The lowest BCUT2D eigenvalue weighted by molar-refractivity contribution is 0.579. The summed E-state index contributed by atoms with van der Waals surface area (Å²) < 4.78 is 3.90. The predicted octanol–water partition coefficient (Wildman–Crippen LogP) is 2.04. The molecule has 1 fully saturated rings. The molecule has 72 valence electrons. The van der Waals surface area contributed by atoms with E-state index in [0.717, 1.165) is 18.0 Å². The van der Waals surface area contributed by atoms with E-state index in [1.807, 2.05) is 6.92 Å². The minimum atomic E-state index is 0.167. The van der Waals surface area contributed by atoms with E-state index in [9.17, 15) is 0 Å². The molecule has 0 amide bonds. The quantitative estimate of drug-likeness (QED) is 0.803. The van der Waals surface area contributed by atoms with Crippen molar-refractivity contribution in [1.82, 2.24) is 9.59 Å². The highest BCUT2D eigenvalue weighted by atomic mass is 32.1. The van der Waals surface area contributed by atoms with Gasteiger partial charge in [-0.2, -0.15) is 0 Å². The normalized spacial score (nSPS) is 18.9. The third-order valence-corrected chi connectivity index (χ3v) is 3.56. The van der Waals surface area contributed by atoms with E-state index in [4.69, 9.17) is 5.73 Å². The topological polar surface area (TPSA) is 51.8 Å². The summed E-state index contributed by atoms with van der Waals surface area (Å²) in [5, 5.41) is 3.97. The molecule has 1 aromatic heterocycles. The van der Waals surface area contributed by atoms with Crippen molar-refractivity contribution in [2.75, 3.05) is 0 Å². The maximum Gasteiger partial charge on any atom is 0.0772 e. The van der Waals surface area contributed by atoms with Crippen molar-refractivity contribution in [2.45, 2.75) is 38.6 Å². The van der Waals surface area contributed by atoms with Crippen molar-refractivity contribution in [3.63, 3.8) is 0 Å². The van der Waals surface area contributed by atoms with Gasteiger partial charge in [0.2, 0.25) is 0 Å². The Hall–Kier alpha value is -0.480. The Morgan fingerprint density at radius 2 is 2.38 bits per heavy atom. The van der Waals surface area contributed by atoms with Gasteiger partial charge in [-0.15, -0.1) is 5.10 Å². The van der Waals surface area contributed by atoms with Gasteiger partial charge in [-0.25, -0.2) is 0 Å². The van der Waals surface area contributed by atoms with Gasteiger partial charge in [0.1, 0.15) is 0 Å². The van der Waals surface area contributed by atoms with E-state index in [0.29, 0.717) is 0 Å². The lowest BCUT2D eigenvalue weighted by atomic mass is 10.1. The Kier molecular flexibility index (Phi) is 2.60. The van der Waals surface area contributed by atoms with Crippen LogP contribution in [0.2, 0.25) is 0 Å². The molecule has 0 aromatic carbocycles. The maximum atomic E-state index is 6.05. The largest absolute Gasteiger partial charge is 0.323 e. The molecule has 13 heavy (non-hydrogen) atoms. The Morgan fingerprint density at radius 3 is 2.92 bits per heavy atom. The summed E-state index contributed by atoms with van der Waals surface area (Å²) in [6, 6.07) is 0.167. The van der Waals surface area contributed by atoms with Crippen LogP contribution in [0.3, 0.4) is 0 Å². The van der Waals surface area contributed by atoms with Gasteiger partial charge in [0.15, 0.2) is 0 Å². The number of hydrogen-bond donors (Lipinski definition) is 1. The molecule has 0 bridgehead atoms. The smallest absolute Gasteiger partial charge is 0.0772 e. The molecule has 0 radical (unpaired) electrons. The van der Waals surface area contributed by atoms with Crippen molar-refractivity contribution in [3.05, 3.63) is 10.6 Å². The summed E-state index contributed by atoms with van der Waals surface area (Å²) in [5.74, 6) is 0.965. The molecule has 1 heterocycles. The molecule has 0 saturated heterocycles. The lowest BCUT2D eigenvalue weighted by Crippen LogP contribution is -2.10. The van der Waals surface area contributed by atoms with Gasteiger partial charge in [-0.05, 0) is 37.2 Å². The number of nitrogens with two attached hydrogens (primary N) is 1. The first-order chi connectivity index (χ1) is 6.27. The summed E-state index contributed by atoms with van der Waals surface area (Å²) >= 11 is 1.44. The van der Waals surface area contributed by atoms with E-state index < -0.39 is 0 Å². The van der Waals surface area contributed by atoms with Crippen LogP contribution in [0.15, 0.2) is 0 Å². The van der Waals surface area contributed by atoms with Crippen LogP contribution >= 0.6 is 11.5 Å². The van der Waals surface area contributed by atoms with Gasteiger partial charge >= 0.3 is 0 Å². The third-order valence-electron chi connectivity index (χ3n) is 2.61. The molecule has 2 rings (SSSR count). The highest BCUT2D eigenvalue weighted by Crippen LogP contribution is 2.35. The first-order valence-electron chi connectivity index (χ1n) is 4.82. The van der Waals surface area contributed by atoms with Crippen molar-refractivity contribution < 1.29 is 0 Å². The second-order valence-corrected chi connectivity index (χ2v) is 4.64. The number of aromatic nitrogens is 2. The highest BCUT2D eigenvalue weighted by Gasteiger charge is 2.23. The van der Waals surface area contributed by atoms with E-state index in [1.54, 1.807) is 0 Å². The summed E-state index contributed by atoms with van der Waals surface area (Å²) in [6.45, 7) is 1.98. The molecule has 1 aliphatic rings. The zero-order chi connectivity index (χ0) is 9.26. The summed E-state index contributed by atoms with van der Waals surface area (Å²) in [4.78, 5) is 1.17. The van der Waals surface area contributed by atoms with E-state index >= 15 is 0 Å². The highest BCUT2D eigenvalue weighted by molar-refractivity contribution is 7.05. The molecule has 0 spiro atoms. The zero-order valence-electron chi connectivity index (χ0n) is 7.86. The Balaban J connectivity index is 1.88. The summed E-state index contributed by atoms with van der Waals surface area (Å²) in [6.07, 6.45) is 5.19. The van der Waals surface area contributed by atoms with Gasteiger partial charge in [0, 0.05) is 6.04 Å². The monoisotopic (exact) mass is 197 g/mol.